The van der Waals surface area contributed by atoms with E-state index in [2.05, 4.69) is 15.0 Å². The number of hydrogen-bond donors (Lipinski definition) is 1. The predicted octanol–water partition coefficient (Wildman–Crippen LogP) is 2.08. The van der Waals surface area contributed by atoms with Crippen LogP contribution in [-0.4, -0.2) is 45.3 Å². The first-order chi connectivity index (χ1) is 12.5. The van der Waals surface area contributed by atoms with E-state index in [9.17, 15) is 9.59 Å². The molecular weight excluding hydrogens is 340 g/mol. The lowest BCUT2D eigenvalue weighted by molar-refractivity contribution is -0.115. The first kappa shape index (κ1) is 19.0. The lowest BCUT2D eigenvalue weighted by Gasteiger charge is -2.15. The highest BCUT2D eigenvalue weighted by molar-refractivity contribution is 5.95. The second-order valence-corrected chi connectivity index (χ2v) is 5.17. The van der Waals surface area contributed by atoms with Gasteiger partial charge < -0.3 is 24.3 Å². The van der Waals surface area contributed by atoms with E-state index in [1.165, 1.54) is 46.9 Å². The monoisotopic (exact) mass is 360 g/mol. The summed E-state index contributed by atoms with van der Waals surface area (Å²) in [5.41, 5.74) is 1.26. The second kappa shape index (κ2) is 8.70. The van der Waals surface area contributed by atoms with Crippen LogP contribution < -0.4 is 19.5 Å². The predicted molar refractivity (Wildman–Crippen MR) is 94.0 cm³/mol. The maximum absolute atomic E-state index is 12.4. The van der Waals surface area contributed by atoms with Crippen LogP contribution in [0.25, 0.3) is 0 Å². The number of pyridine rings is 1. The Morgan fingerprint density at radius 2 is 1.73 bits per heavy atom. The molecule has 0 fully saturated rings. The average molecular weight is 360 g/mol. The Balaban J connectivity index is 2.19. The summed E-state index contributed by atoms with van der Waals surface area (Å²) in [7, 11) is 5.78. The zero-order valence-corrected chi connectivity index (χ0v) is 15.0. The highest BCUT2D eigenvalue weighted by Crippen LogP contribution is 2.39. The molecule has 0 aliphatic rings. The van der Waals surface area contributed by atoms with E-state index < -0.39 is 5.97 Å². The van der Waals surface area contributed by atoms with Gasteiger partial charge in [-0.15, -0.1) is 0 Å². The van der Waals surface area contributed by atoms with Crippen molar-refractivity contribution >= 4 is 17.6 Å². The van der Waals surface area contributed by atoms with Crippen LogP contribution in [0.2, 0.25) is 0 Å². The lowest BCUT2D eigenvalue weighted by atomic mass is 10.1. The van der Waals surface area contributed by atoms with Crippen molar-refractivity contribution < 1.29 is 28.5 Å². The molecule has 8 nitrogen and oxygen atoms in total. The van der Waals surface area contributed by atoms with Crippen LogP contribution in [0.1, 0.15) is 15.9 Å². The van der Waals surface area contributed by atoms with Gasteiger partial charge in [0.1, 0.15) is 0 Å². The molecule has 0 aliphatic carbocycles. The number of nitrogens with one attached hydrogen (secondary N) is 1. The molecule has 0 spiro atoms. The van der Waals surface area contributed by atoms with E-state index in [4.69, 9.17) is 14.2 Å². The van der Waals surface area contributed by atoms with Crippen molar-refractivity contribution in [1.29, 1.82) is 0 Å². The SMILES string of the molecule is COC(=O)c1cncc(NC(=O)Cc2ccc(OC)c(OC)c2OC)c1. The Labute approximate surface area is 151 Å². The average Bonchev–Trinajstić information content (AvgIpc) is 2.66. The van der Waals surface area contributed by atoms with Crippen LogP contribution in [0.15, 0.2) is 30.6 Å². The standard InChI is InChI=1S/C18H20N2O6/c1-23-14-6-5-11(16(24-2)17(14)25-3)8-15(21)20-13-7-12(9-19-10-13)18(22)26-4/h5-7,9-10H,8H2,1-4H3,(H,20,21). The molecule has 0 saturated heterocycles. The Kier molecular flexibility index (Phi) is 6.37. The van der Waals surface area contributed by atoms with Crippen molar-refractivity contribution in [2.45, 2.75) is 6.42 Å². The van der Waals surface area contributed by atoms with E-state index in [0.717, 1.165) is 0 Å². The fourth-order valence-electron chi connectivity index (χ4n) is 2.42. The second-order valence-electron chi connectivity index (χ2n) is 5.17. The number of nitrogens with zero attached hydrogens (tertiary/aromatic N) is 1. The number of carbonyl (C=O) groups is 2. The molecule has 1 amide bonds. The summed E-state index contributed by atoms with van der Waals surface area (Å²) < 4.78 is 20.5. The third-order valence-corrected chi connectivity index (χ3v) is 3.58. The van der Waals surface area contributed by atoms with Gasteiger partial charge in [0.05, 0.1) is 52.3 Å². The van der Waals surface area contributed by atoms with Gasteiger partial charge in [-0.25, -0.2) is 4.79 Å². The van der Waals surface area contributed by atoms with Crippen molar-refractivity contribution in [2.75, 3.05) is 33.8 Å². The molecule has 0 unspecified atom stereocenters. The quantitative estimate of drug-likeness (QED) is 0.755. The number of methoxy groups -OCH3 is 4. The molecule has 1 heterocycles. The van der Waals surface area contributed by atoms with E-state index in [1.54, 1.807) is 12.1 Å². The number of anilines is 1. The van der Waals surface area contributed by atoms with E-state index >= 15 is 0 Å². The number of rotatable bonds is 7. The van der Waals surface area contributed by atoms with Crippen molar-refractivity contribution in [3.05, 3.63) is 41.7 Å². The largest absolute Gasteiger partial charge is 0.493 e. The molecular formula is C18H20N2O6. The van der Waals surface area contributed by atoms with Crippen LogP contribution in [-0.2, 0) is 16.0 Å². The lowest BCUT2D eigenvalue weighted by Crippen LogP contribution is -2.16. The minimum Gasteiger partial charge on any atom is -0.493 e. The van der Waals surface area contributed by atoms with Crippen LogP contribution >= 0.6 is 0 Å². The smallest absolute Gasteiger partial charge is 0.339 e. The third-order valence-electron chi connectivity index (χ3n) is 3.58. The molecule has 0 saturated carbocycles. The van der Waals surface area contributed by atoms with Crippen LogP contribution in [0.5, 0.6) is 17.2 Å². The molecule has 0 bridgehead atoms. The molecule has 8 heteroatoms. The number of aromatic nitrogens is 1. The van der Waals surface area contributed by atoms with E-state index in [-0.39, 0.29) is 17.9 Å². The minimum atomic E-state index is -0.532. The van der Waals surface area contributed by atoms with Crippen molar-refractivity contribution in [1.82, 2.24) is 4.98 Å². The van der Waals surface area contributed by atoms with Gasteiger partial charge in [-0.1, -0.05) is 6.07 Å². The Morgan fingerprint density at radius 3 is 2.35 bits per heavy atom. The normalized spacial score (nSPS) is 10.0. The maximum atomic E-state index is 12.4. The number of amides is 1. The molecule has 26 heavy (non-hydrogen) atoms. The first-order valence-electron chi connectivity index (χ1n) is 7.65. The highest BCUT2D eigenvalue weighted by atomic mass is 16.5. The summed E-state index contributed by atoms with van der Waals surface area (Å²) in [6.07, 6.45) is 2.83. The minimum absolute atomic E-state index is 0.0337. The third kappa shape index (κ3) is 4.21. The fourth-order valence-corrected chi connectivity index (χ4v) is 2.42. The molecule has 1 aromatic carbocycles. The van der Waals surface area contributed by atoms with Gasteiger partial charge in [0.2, 0.25) is 11.7 Å². The van der Waals surface area contributed by atoms with Crippen LogP contribution in [0.3, 0.4) is 0 Å². The highest BCUT2D eigenvalue weighted by Gasteiger charge is 2.18. The summed E-state index contributed by atoms with van der Waals surface area (Å²) in [5, 5.41) is 2.69. The number of ether oxygens (including phenoxy) is 4. The van der Waals surface area contributed by atoms with Crippen molar-refractivity contribution in [3.8, 4) is 17.2 Å². The van der Waals surface area contributed by atoms with E-state index in [0.29, 0.717) is 28.5 Å². The summed E-state index contributed by atoms with van der Waals surface area (Å²) in [6.45, 7) is 0. The number of carbonyl (C=O) groups excluding carboxylic acids is 2. The van der Waals surface area contributed by atoms with E-state index in [1.807, 2.05) is 0 Å². The summed E-state index contributed by atoms with van der Waals surface area (Å²) >= 11 is 0. The number of benzene rings is 1. The van der Waals surface area contributed by atoms with Crippen molar-refractivity contribution in [3.63, 3.8) is 0 Å². The molecule has 138 valence electrons. The van der Waals surface area contributed by atoms with Gasteiger partial charge in [-0.05, 0) is 12.1 Å². The first-order valence-corrected chi connectivity index (χ1v) is 7.65. The van der Waals surface area contributed by atoms with Gasteiger partial charge in [0.25, 0.3) is 0 Å². The van der Waals surface area contributed by atoms with Gasteiger partial charge >= 0.3 is 5.97 Å². The van der Waals surface area contributed by atoms with Crippen molar-refractivity contribution in [2.24, 2.45) is 0 Å². The zero-order valence-electron chi connectivity index (χ0n) is 15.0. The van der Waals surface area contributed by atoms with Crippen LogP contribution in [0, 0.1) is 0 Å². The molecule has 2 rings (SSSR count). The summed E-state index contributed by atoms with van der Waals surface area (Å²) in [5.74, 6) is 0.496. The summed E-state index contributed by atoms with van der Waals surface area (Å²) in [4.78, 5) is 27.8. The molecule has 1 aromatic heterocycles. The molecule has 0 radical (unpaired) electrons. The zero-order chi connectivity index (χ0) is 19.1. The molecule has 0 atom stereocenters. The summed E-state index contributed by atoms with van der Waals surface area (Å²) in [6, 6.07) is 4.91. The van der Waals surface area contributed by atoms with Crippen LogP contribution in [0.4, 0.5) is 5.69 Å². The number of hydrogen-bond acceptors (Lipinski definition) is 7. The Morgan fingerprint density at radius 1 is 1.00 bits per heavy atom. The fraction of sp³-hybridized carbons (Fsp3) is 0.278. The topological polar surface area (TPSA) is 96.0 Å². The van der Waals surface area contributed by atoms with Gasteiger partial charge in [0, 0.05) is 11.8 Å². The number of esters is 1. The van der Waals surface area contributed by atoms with Gasteiger partial charge in [-0.3, -0.25) is 9.78 Å². The Hall–Kier alpha value is -3.29. The van der Waals surface area contributed by atoms with Gasteiger partial charge in [-0.2, -0.15) is 0 Å². The molecule has 1 N–H and O–H groups in total. The Bertz CT molecular complexity index is 806. The maximum Gasteiger partial charge on any atom is 0.339 e. The molecule has 0 aliphatic heterocycles. The molecule has 2 aromatic rings. The van der Waals surface area contributed by atoms with Gasteiger partial charge in [0.15, 0.2) is 11.5 Å².